The monoisotopic (exact) mass is 379 g/mol. The van der Waals surface area contributed by atoms with E-state index in [-0.39, 0.29) is 24.5 Å². The molecule has 3 rings (SSSR count). The van der Waals surface area contributed by atoms with Crippen molar-refractivity contribution in [3.05, 3.63) is 101 Å². The normalized spacial score (nSPS) is 13.0. The summed E-state index contributed by atoms with van der Waals surface area (Å²) in [5, 5.41) is 6.95. The smallest absolute Gasteiger partial charge is 0.234 e. The zero-order valence-corrected chi connectivity index (χ0v) is 15.9. The highest BCUT2D eigenvalue weighted by molar-refractivity contribution is 6.31. The molecule has 1 heterocycles. The summed E-state index contributed by atoms with van der Waals surface area (Å²) < 4.78 is 0. The molecule has 2 aromatic carbocycles. The van der Waals surface area contributed by atoms with E-state index in [0.717, 1.165) is 16.8 Å². The van der Waals surface area contributed by atoms with Crippen LogP contribution < -0.4 is 10.6 Å². The molecule has 1 aromatic heterocycles. The number of nitrogens with zero attached hydrogens (tertiary/aromatic N) is 1. The van der Waals surface area contributed by atoms with E-state index in [1.807, 2.05) is 79.7 Å². The quantitative estimate of drug-likeness (QED) is 0.643. The number of hydrogen-bond acceptors (Lipinski definition) is 3. The molecule has 0 aliphatic heterocycles. The van der Waals surface area contributed by atoms with Gasteiger partial charge in [0.05, 0.1) is 24.3 Å². The zero-order chi connectivity index (χ0) is 19.1. The molecule has 5 heteroatoms. The van der Waals surface area contributed by atoms with E-state index < -0.39 is 0 Å². The van der Waals surface area contributed by atoms with Crippen LogP contribution in [0.2, 0.25) is 5.02 Å². The van der Waals surface area contributed by atoms with Gasteiger partial charge in [0.1, 0.15) is 0 Å². The van der Waals surface area contributed by atoms with E-state index in [1.54, 1.807) is 6.20 Å². The molecule has 2 atom stereocenters. The Morgan fingerprint density at radius 2 is 1.70 bits per heavy atom. The number of benzene rings is 2. The van der Waals surface area contributed by atoms with Crippen LogP contribution in [0, 0.1) is 0 Å². The minimum absolute atomic E-state index is 0.0979. The van der Waals surface area contributed by atoms with Crippen molar-refractivity contribution < 1.29 is 4.79 Å². The molecule has 2 N–H and O–H groups in total. The van der Waals surface area contributed by atoms with Gasteiger partial charge in [0.2, 0.25) is 5.91 Å². The summed E-state index contributed by atoms with van der Waals surface area (Å²) in [7, 11) is 0. The highest BCUT2D eigenvalue weighted by atomic mass is 35.5. The minimum atomic E-state index is -0.168. The SMILES string of the molecule is CC(NC(=O)CNC(c1ccccc1)c1ccccn1)c1ccccc1Cl. The van der Waals surface area contributed by atoms with Crippen molar-refractivity contribution in [2.45, 2.75) is 19.0 Å². The molecule has 2 unspecified atom stereocenters. The second-order valence-electron chi connectivity index (χ2n) is 6.29. The first-order chi connectivity index (χ1) is 13.1. The minimum Gasteiger partial charge on any atom is -0.348 e. The Bertz CT molecular complexity index is 831. The molecule has 3 aromatic rings. The average molecular weight is 380 g/mol. The average Bonchev–Trinajstić information content (AvgIpc) is 2.70. The van der Waals surface area contributed by atoms with Crippen molar-refractivity contribution in [2.75, 3.05) is 6.54 Å². The second-order valence-corrected chi connectivity index (χ2v) is 6.70. The fraction of sp³-hybridized carbons (Fsp3) is 0.182. The maximum absolute atomic E-state index is 12.5. The van der Waals surface area contributed by atoms with Gasteiger partial charge < -0.3 is 5.32 Å². The first-order valence-electron chi connectivity index (χ1n) is 8.88. The van der Waals surface area contributed by atoms with Crippen molar-refractivity contribution in [3.8, 4) is 0 Å². The zero-order valence-electron chi connectivity index (χ0n) is 15.1. The summed E-state index contributed by atoms with van der Waals surface area (Å²) in [4.78, 5) is 16.9. The van der Waals surface area contributed by atoms with Gasteiger partial charge in [0.15, 0.2) is 0 Å². The number of carbonyl (C=O) groups excluding carboxylic acids is 1. The number of halogens is 1. The topological polar surface area (TPSA) is 54.0 Å². The Morgan fingerprint density at radius 3 is 2.41 bits per heavy atom. The fourth-order valence-corrected chi connectivity index (χ4v) is 3.28. The predicted octanol–water partition coefficient (Wildman–Crippen LogP) is 4.29. The lowest BCUT2D eigenvalue weighted by Crippen LogP contribution is -2.37. The first kappa shape index (κ1) is 19.1. The van der Waals surface area contributed by atoms with Crippen LogP contribution in [0.25, 0.3) is 0 Å². The Labute approximate surface area is 164 Å². The molecule has 0 saturated heterocycles. The number of rotatable bonds is 7. The van der Waals surface area contributed by atoms with Crippen molar-refractivity contribution in [2.24, 2.45) is 0 Å². The van der Waals surface area contributed by atoms with Crippen molar-refractivity contribution in [3.63, 3.8) is 0 Å². The van der Waals surface area contributed by atoms with E-state index in [2.05, 4.69) is 15.6 Å². The second kappa shape index (κ2) is 9.31. The molecule has 27 heavy (non-hydrogen) atoms. The number of hydrogen-bond donors (Lipinski definition) is 2. The highest BCUT2D eigenvalue weighted by Gasteiger charge is 2.17. The molecule has 0 aliphatic rings. The van der Waals surface area contributed by atoms with Gasteiger partial charge in [-0.3, -0.25) is 15.1 Å². The third-order valence-electron chi connectivity index (χ3n) is 4.33. The summed E-state index contributed by atoms with van der Waals surface area (Å²) in [5.74, 6) is -0.0979. The predicted molar refractivity (Wildman–Crippen MR) is 109 cm³/mol. The van der Waals surface area contributed by atoms with Crippen LogP contribution in [-0.2, 0) is 4.79 Å². The molecule has 1 amide bonds. The Balaban J connectivity index is 1.67. The van der Waals surface area contributed by atoms with Gasteiger partial charge in [-0.25, -0.2) is 0 Å². The van der Waals surface area contributed by atoms with E-state index in [9.17, 15) is 4.79 Å². The third kappa shape index (κ3) is 5.16. The molecule has 0 bridgehead atoms. The van der Waals surface area contributed by atoms with Gasteiger partial charge >= 0.3 is 0 Å². The summed E-state index contributed by atoms with van der Waals surface area (Å²) >= 11 is 6.21. The molecular weight excluding hydrogens is 358 g/mol. The van der Waals surface area contributed by atoms with Gasteiger partial charge in [0, 0.05) is 11.2 Å². The first-order valence-corrected chi connectivity index (χ1v) is 9.26. The molecular formula is C22H22ClN3O. The lowest BCUT2D eigenvalue weighted by atomic mass is 10.0. The van der Waals surface area contributed by atoms with Crippen LogP contribution in [0.1, 0.15) is 35.8 Å². The van der Waals surface area contributed by atoms with E-state index in [1.165, 1.54) is 0 Å². The summed E-state index contributed by atoms with van der Waals surface area (Å²) in [5.41, 5.74) is 2.83. The summed E-state index contributed by atoms with van der Waals surface area (Å²) in [6.07, 6.45) is 1.76. The largest absolute Gasteiger partial charge is 0.348 e. The standard InChI is InChI=1S/C22H22ClN3O/c1-16(18-11-5-6-12-19(18)23)26-21(27)15-25-22(17-9-3-2-4-10-17)20-13-7-8-14-24-20/h2-14,16,22,25H,15H2,1H3,(H,26,27). The lowest BCUT2D eigenvalue weighted by molar-refractivity contribution is -0.121. The van der Waals surface area contributed by atoms with Crippen LogP contribution in [0.15, 0.2) is 79.0 Å². The molecule has 0 saturated carbocycles. The number of amides is 1. The number of aromatic nitrogens is 1. The van der Waals surface area contributed by atoms with Crippen molar-refractivity contribution in [1.29, 1.82) is 0 Å². The van der Waals surface area contributed by atoms with Crippen LogP contribution in [-0.4, -0.2) is 17.4 Å². The van der Waals surface area contributed by atoms with E-state index >= 15 is 0 Å². The maximum atomic E-state index is 12.5. The van der Waals surface area contributed by atoms with E-state index in [0.29, 0.717) is 5.02 Å². The molecule has 0 radical (unpaired) electrons. The number of carbonyl (C=O) groups is 1. The van der Waals surface area contributed by atoms with Crippen LogP contribution in [0.3, 0.4) is 0 Å². The van der Waals surface area contributed by atoms with Gasteiger partial charge in [-0.15, -0.1) is 0 Å². The number of pyridine rings is 1. The van der Waals surface area contributed by atoms with E-state index in [4.69, 9.17) is 11.6 Å². The summed E-state index contributed by atoms with van der Waals surface area (Å²) in [6.45, 7) is 2.09. The Morgan fingerprint density at radius 1 is 1.00 bits per heavy atom. The maximum Gasteiger partial charge on any atom is 0.234 e. The van der Waals surface area contributed by atoms with Gasteiger partial charge in [-0.05, 0) is 36.2 Å². The van der Waals surface area contributed by atoms with Crippen LogP contribution in [0.5, 0.6) is 0 Å². The van der Waals surface area contributed by atoms with Crippen molar-refractivity contribution in [1.82, 2.24) is 15.6 Å². The molecule has 0 fully saturated rings. The number of nitrogens with one attached hydrogen (secondary N) is 2. The van der Waals surface area contributed by atoms with Crippen LogP contribution in [0.4, 0.5) is 0 Å². The van der Waals surface area contributed by atoms with Crippen LogP contribution >= 0.6 is 11.6 Å². The molecule has 0 spiro atoms. The molecule has 138 valence electrons. The Hall–Kier alpha value is -2.69. The van der Waals surface area contributed by atoms with Gasteiger partial charge in [-0.2, -0.15) is 0 Å². The fourth-order valence-electron chi connectivity index (χ4n) is 2.98. The Kier molecular flexibility index (Phi) is 6.58. The van der Waals surface area contributed by atoms with Gasteiger partial charge in [-0.1, -0.05) is 66.2 Å². The van der Waals surface area contributed by atoms with Crippen molar-refractivity contribution >= 4 is 17.5 Å². The molecule has 4 nitrogen and oxygen atoms in total. The van der Waals surface area contributed by atoms with Gasteiger partial charge in [0.25, 0.3) is 0 Å². The third-order valence-corrected chi connectivity index (χ3v) is 4.68. The molecule has 0 aliphatic carbocycles. The summed E-state index contributed by atoms with van der Waals surface area (Å²) in [6, 6.07) is 23.0. The lowest BCUT2D eigenvalue weighted by Gasteiger charge is -2.20. The highest BCUT2D eigenvalue weighted by Crippen LogP contribution is 2.22.